The van der Waals surface area contributed by atoms with Gasteiger partial charge in [-0.3, -0.25) is 4.90 Å². The molecule has 0 aromatic carbocycles. The van der Waals surface area contributed by atoms with Gasteiger partial charge in [0.15, 0.2) is 0 Å². The average molecular weight is 189 g/mol. The topological polar surface area (TPSA) is 87.1 Å². The van der Waals surface area contributed by atoms with Crippen molar-refractivity contribution in [3.63, 3.8) is 0 Å². The second-order valence-electron chi connectivity index (χ2n) is 2.87. The largest absolute Gasteiger partial charge is 0.480 e. The number of nitrogens with zero attached hydrogens (tertiary/aromatic N) is 1. The number of methoxy groups -OCH3 is 1. The molecule has 1 saturated heterocycles. The van der Waals surface area contributed by atoms with Gasteiger partial charge < -0.3 is 14.9 Å². The van der Waals surface area contributed by atoms with Gasteiger partial charge in [0, 0.05) is 6.42 Å². The Bertz CT molecular complexity index is 229. The highest BCUT2D eigenvalue weighted by molar-refractivity contribution is 5.80. The molecule has 1 aliphatic heterocycles. The van der Waals surface area contributed by atoms with E-state index in [1.54, 1.807) is 0 Å². The van der Waals surface area contributed by atoms with E-state index < -0.39 is 24.2 Å². The second-order valence-corrected chi connectivity index (χ2v) is 2.87. The molecule has 1 aliphatic rings. The molecule has 0 aliphatic carbocycles. The molecule has 0 aromatic heterocycles. The van der Waals surface area contributed by atoms with Crippen LogP contribution in [0.25, 0.3) is 0 Å². The van der Waals surface area contributed by atoms with Crippen molar-refractivity contribution in [3.05, 3.63) is 0 Å². The fourth-order valence-corrected chi connectivity index (χ4v) is 1.37. The summed E-state index contributed by atoms with van der Waals surface area (Å²) in [7, 11) is 1.17. The fraction of sp³-hybridized carbons (Fsp3) is 0.714. The Labute approximate surface area is 74.7 Å². The van der Waals surface area contributed by atoms with Crippen LogP contribution in [0.3, 0.4) is 0 Å². The number of likely N-dealkylation sites (tertiary alicyclic amines) is 1. The van der Waals surface area contributed by atoms with Gasteiger partial charge in [-0.2, -0.15) is 0 Å². The first-order chi connectivity index (χ1) is 6.06. The number of β-amino-alcohol motifs (C(OH)–C–C–N with tert-alkyl or cyclic N) is 1. The highest BCUT2D eigenvalue weighted by Crippen LogP contribution is 2.18. The van der Waals surface area contributed by atoms with Gasteiger partial charge in [-0.1, -0.05) is 0 Å². The lowest BCUT2D eigenvalue weighted by atomic mass is 10.2. The standard InChI is InChI=1S/C7H11NO5/c1-13-7(12)8-3-4(9)2-5(8)6(10)11/h4-5,9H,2-3H2,1H3,(H,10,11)/t4?,5-/m0/s1. The Balaban J connectivity index is 2.71. The summed E-state index contributed by atoms with van der Waals surface area (Å²) in [6.07, 6.45) is -1.44. The quantitative estimate of drug-likeness (QED) is 0.568. The lowest BCUT2D eigenvalue weighted by Crippen LogP contribution is -2.40. The molecule has 6 nitrogen and oxygen atoms in total. The van der Waals surface area contributed by atoms with Crippen LogP contribution in [0, 0.1) is 0 Å². The van der Waals surface area contributed by atoms with Crippen molar-refractivity contribution in [2.75, 3.05) is 13.7 Å². The summed E-state index contributed by atoms with van der Waals surface area (Å²) in [4.78, 5) is 22.6. The predicted molar refractivity (Wildman–Crippen MR) is 41.2 cm³/mol. The number of aliphatic hydroxyl groups is 1. The minimum atomic E-state index is -1.12. The number of aliphatic hydroxyl groups excluding tert-OH is 1. The number of amides is 1. The molecule has 1 unspecified atom stereocenters. The molecule has 74 valence electrons. The second kappa shape index (κ2) is 3.61. The third kappa shape index (κ3) is 1.89. The number of carbonyl (C=O) groups excluding carboxylic acids is 1. The van der Waals surface area contributed by atoms with Crippen LogP contribution < -0.4 is 0 Å². The summed E-state index contributed by atoms with van der Waals surface area (Å²) in [5, 5.41) is 17.8. The van der Waals surface area contributed by atoms with Crippen molar-refractivity contribution in [1.29, 1.82) is 0 Å². The number of hydrogen-bond acceptors (Lipinski definition) is 4. The number of carbonyl (C=O) groups is 2. The molecule has 1 rings (SSSR count). The fourth-order valence-electron chi connectivity index (χ4n) is 1.37. The Morgan fingerprint density at radius 2 is 2.15 bits per heavy atom. The molecule has 0 radical (unpaired) electrons. The van der Waals surface area contributed by atoms with E-state index in [4.69, 9.17) is 10.2 Å². The van der Waals surface area contributed by atoms with Crippen LogP contribution in [0.15, 0.2) is 0 Å². The van der Waals surface area contributed by atoms with Gasteiger partial charge in [0.25, 0.3) is 0 Å². The van der Waals surface area contributed by atoms with E-state index >= 15 is 0 Å². The Morgan fingerprint density at radius 3 is 2.62 bits per heavy atom. The molecule has 2 atom stereocenters. The summed E-state index contributed by atoms with van der Waals surface area (Å²) in [6, 6.07) is -0.970. The molecule has 1 heterocycles. The smallest absolute Gasteiger partial charge is 0.410 e. The van der Waals surface area contributed by atoms with Gasteiger partial charge in [0.2, 0.25) is 0 Å². The average Bonchev–Trinajstić information content (AvgIpc) is 2.46. The predicted octanol–water partition coefficient (Wildman–Crippen LogP) is -0.727. The number of aliphatic carboxylic acids is 1. The first-order valence-corrected chi connectivity index (χ1v) is 3.81. The molecular formula is C7H11NO5. The zero-order chi connectivity index (χ0) is 10.0. The summed E-state index contributed by atoms with van der Waals surface area (Å²) in [6.45, 7) is 0.0175. The number of carboxylic acids is 1. The highest BCUT2D eigenvalue weighted by Gasteiger charge is 2.39. The molecule has 0 bridgehead atoms. The molecular weight excluding hydrogens is 178 g/mol. The maximum Gasteiger partial charge on any atom is 0.410 e. The van der Waals surface area contributed by atoms with Crippen molar-refractivity contribution >= 4 is 12.1 Å². The van der Waals surface area contributed by atoms with Crippen molar-refractivity contribution < 1.29 is 24.5 Å². The first kappa shape index (κ1) is 9.79. The van der Waals surface area contributed by atoms with E-state index in [1.807, 2.05) is 0 Å². The normalized spacial score (nSPS) is 27.4. The number of carboxylic acid groups (broad SMARTS) is 1. The summed E-state index contributed by atoms with van der Waals surface area (Å²) < 4.78 is 4.38. The maximum absolute atomic E-state index is 11.0. The summed E-state index contributed by atoms with van der Waals surface area (Å²) in [5.41, 5.74) is 0. The van der Waals surface area contributed by atoms with Crippen molar-refractivity contribution in [1.82, 2.24) is 4.90 Å². The van der Waals surface area contributed by atoms with Crippen molar-refractivity contribution in [2.45, 2.75) is 18.6 Å². The summed E-state index contributed by atoms with van der Waals surface area (Å²) in [5.74, 6) is -1.12. The van der Waals surface area contributed by atoms with Gasteiger partial charge in [-0.15, -0.1) is 0 Å². The lowest BCUT2D eigenvalue weighted by Gasteiger charge is -2.18. The van der Waals surface area contributed by atoms with E-state index in [9.17, 15) is 9.59 Å². The molecule has 13 heavy (non-hydrogen) atoms. The number of rotatable bonds is 1. The van der Waals surface area contributed by atoms with E-state index in [0.29, 0.717) is 0 Å². The van der Waals surface area contributed by atoms with E-state index in [-0.39, 0.29) is 13.0 Å². The Morgan fingerprint density at radius 1 is 1.54 bits per heavy atom. The molecule has 1 fully saturated rings. The molecule has 6 heteroatoms. The molecule has 0 aromatic rings. The van der Waals surface area contributed by atoms with Gasteiger partial charge >= 0.3 is 12.1 Å². The van der Waals surface area contributed by atoms with Crippen LogP contribution in [0.4, 0.5) is 4.79 Å². The maximum atomic E-state index is 11.0. The number of hydrogen-bond donors (Lipinski definition) is 2. The minimum absolute atomic E-state index is 0.0175. The van der Waals surface area contributed by atoms with Gasteiger partial charge in [0.1, 0.15) is 6.04 Å². The van der Waals surface area contributed by atoms with E-state index in [2.05, 4.69) is 4.74 Å². The van der Waals surface area contributed by atoms with E-state index in [1.165, 1.54) is 7.11 Å². The third-order valence-corrected chi connectivity index (χ3v) is 1.97. The van der Waals surface area contributed by atoms with Gasteiger partial charge in [0.05, 0.1) is 19.8 Å². The van der Waals surface area contributed by atoms with Gasteiger partial charge in [-0.05, 0) is 0 Å². The Hall–Kier alpha value is -1.30. The third-order valence-electron chi connectivity index (χ3n) is 1.97. The highest BCUT2D eigenvalue weighted by atomic mass is 16.5. The van der Waals surface area contributed by atoms with Crippen LogP contribution in [0.2, 0.25) is 0 Å². The van der Waals surface area contributed by atoms with Gasteiger partial charge in [-0.25, -0.2) is 9.59 Å². The molecule has 2 N–H and O–H groups in total. The van der Waals surface area contributed by atoms with Crippen LogP contribution in [-0.2, 0) is 9.53 Å². The zero-order valence-corrected chi connectivity index (χ0v) is 7.14. The van der Waals surface area contributed by atoms with Crippen LogP contribution >= 0.6 is 0 Å². The zero-order valence-electron chi connectivity index (χ0n) is 7.14. The van der Waals surface area contributed by atoms with Crippen LogP contribution in [0.1, 0.15) is 6.42 Å². The Kier molecular flexibility index (Phi) is 2.72. The summed E-state index contributed by atoms with van der Waals surface area (Å²) >= 11 is 0. The lowest BCUT2D eigenvalue weighted by molar-refractivity contribution is -0.141. The molecule has 0 saturated carbocycles. The first-order valence-electron chi connectivity index (χ1n) is 3.81. The van der Waals surface area contributed by atoms with Crippen LogP contribution in [0.5, 0.6) is 0 Å². The van der Waals surface area contributed by atoms with Crippen molar-refractivity contribution in [2.24, 2.45) is 0 Å². The molecule has 0 spiro atoms. The van der Waals surface area contributed by atoms with E-state index in [0.717, 1.165) is 4.90 Å². The monoisotopic (exact) mass is 189 g/mol. The molecule has 1 amide bonds. The minimum Gasteiger partial charge on any atom is -0.480 e. The number of ether oxygens (including phenoxy) is 1. The van der Waals surface area contributed by atoms with Crippen molar-refractivity contribution in [3.8, 4) is 0 Å². The van der Waals surface area contributed by atoms with Crippen LogP contribution in [-0.4, -0.2) is 53.0 Å². The SMILES string of the molecule is COC(=O)N1CC(O)C[C@H]1C(=O)O.